The maximum Gasteiger partial charge on any atom is 0.224 e. The van der Waals surface area contributed by atoms with Crippen LogP contribution in [-0.4, -0.2) is 36.0 Å². The van der Waals surface area contributed by atoms with E-state index in [0.29, 0.717) is 17.8 Å². The first-order chi connectivity index (χ1) is 17.2. The minimum absolute atomic E-state index is 0.0284. The monoisotopic (exact) mass is 463 g/mol. The first kappa shape index (κ1) is 20.8. The predicted molar refractivity (Wildman–Crippen MR) is 133 cm³/mol. The second-order valence-electron chi connectivity index (χ2n) is 8.27. The molecule has 0 saturated heterocycles. The molecule has 0 aliphatic heterocycles. The van der Waals surface area contributed by atoms with Gasteiger partial charge in [-0.05, 0) is 42.3 Å². The van der Waals surface area contributed by atoms with Crippen LogP contribution in [0.3, 0.4) is 0 Å². The zero-order valence-electron chi connectivity index (χ0n) is 18.9. The zero-order valence-corrected chi connectivity index (χ0v) is 18.9. The Bertz CT molecular complexity index is 1660. The maximum atomic E-state index is 12.0. The molecule has 0 radical (unpaired) electrons. The number of aromatic nitrogens is 6. The predicted octanol–water partition coefficient (Wildman–Crippen LogP) is 5.56. The molecule has 6 aromatic rings. The van der Waals surface area contributed by atoms with E-state index >= 15 is 0 Å². The average molecular weight is 464 g/mol. The van der Waals surface area contributed by atoms with Gasteiger partial charge in [0.1, 0.15) is 11.3 Å². The smallest absolute Gasteiger partial charge is 0.224 e. The Labute approximate surface area is 199 Å². The molecule has 0 saturated carbocycles. The number of nitrogens with one attached hydrogen (secondary N) is 3. The number of amides is 1. The number of fused-ring (bicyclic) bond motifs is 2. The van der Waals surface area contributed by atoms with Crippen LogP contribution in [0.25, 0.3) is 55.7 Å². The van der Waals surface area contributed by atoms with Crippen LogP contribution in [0.2, 0.25) is 0 Å². The summed E-state index contributed by atoms with van der Waals surface area (Å²) >= 11 is 0. The van der Waals surface area contributed by atoms with Crippen LogP contribution < -0.4 is 5.32 Å². The number of H-pyrrole nitrogens is 2. The molecule has 9 heteroatoms. The van der Waals surface area contributed by atoms with E-state index in [2.05, 4.69) is 35.5 Å². The van der Waals surface area contributed by atoms with E-state index in [-0.39, 0.29) is 5.91 Å². The molecule has 0 unspecified atom stereocenters. The molecule has 0 atom stereocenters. The Morgan fingerprint density at radius 1 is 1.00 bits per heavy atom. The summed E-state index contributed by atoms with van der Waals surface area (Å²) in [6.45, 7) is 1.97. The van der Waals surface area contributed by atoms with E-state index in [1.54, 1.807) is 37.3 Å². The standard InChI is InChI=1S/C26H21N7O2/c1-2-3-23(34)30-18-8-16(11-27-13-18)17-9-21-24(32-33-26(21)29-12-17)22-10-20-19(15-5-7-35-14-15)4-6-28-25(20)31-22/h4-14H,2-3H2,1H3,(H,28,31)(H,30,34)(H,29,32,33). The van der Waals surface area contributed by atoms with Gasteiger partial charge in [-0.3, -0.25) is 14.9 Å². The van der Waals surface area contributed by atoms with E-state index in [4.69, 9.17) is 4.42 Å². The lowest BCUT2D eigenvalue weighted by Gasteiger charge is -2.07. The lowest BCUT2D eigenvalue weighted by molar-refractivity contribution is -0.116. The van der Waals surface area contributed by atoms with Crippen molar-refractivity contribution in [2.24, 2.45) is 0 Å². The summed E-state index contributed by atoms with van der Waals surface area (Å²) in [5, 5.41) is 12.3. The molecule has 1 amide bonds. The molecule has 0 fully saturated rings. The van der Waals surface area contributed by atoms with Gasteiger partial charge in [0, 0.05) is 52.5 Å². The molecule has 0 aromatic carbocycles. The molecule has 6 heterocycles. The highest BCUT2D eigenvalue weighted by atomic mass is 16.3. The highest BCUT2D eigenvalue weighted by Gasteiger charge is 2.16. The minimum atomic E-state index is -0.0284. The highest BCUT2D eigenvalue weighted by molar-refractivity contribution is 5.99. The number of anilines is 1. The highest BCUT2D eigenvalue weighted by Crippen LogP contribution is 2.34. The summed E-state index contributed by atoms with van der Waals surface area (Å²) in [5.74, 6) is -0.0284. The van der Waals surface area contributed by atoms with Crippen molar-refractivity contribution >= 4 is 33.7 Å². The van der Waals surface area contributed by atoms with Crippen molar-refractivity contribution in [3.8, 4) is 33.6 Å². The third-order valence-corrected chi connectivity index (χ3v) is 5.87. The minimum Gasteiger partial charge on any atom is -0.472 e. The van der Waals surface area contributed by atoms with E-state index < -0.39 is 0 Å². The van der Waals surface area contributed by atoms with Crippen molar-refractivity contribution in [1.29, 1.82) is 0 Å². The molecule has 0 bridgehead atoms. The largest absolute Gasteiger partial charge is 0.472 e. The van der Waals surface area contributed by atoms with Gasteiger partial charge >= 0.3 is 0 Å². The lowest BCUT2D eigenvalue weighted by atomic mass is 10.1. The average Bonchev–Trinajstić information content (AvgIpc) is 3.63. The van der Waals surface area contributed by atoms with Crippen LogP contribution in [-0.2, 0) is 4.79 Å². The summed E-state index contributed by atoms with van der Waals surface area (Å²) in [7, 11) is 0. The molecule has 35 heavy (non-hydrogen) atoms. The van der Waals surface area contributed by atoms with Crippen molar-refractivity contribution in [3.63, 3.8) is 0 Å². The van der Waals surface area contributed by atoms with Crippen molar-refractivity contribution in [1.82, 2.24) is 30.1 Å². The SMILES string of the molecule is CCCC(=O)Nc1cncc(-c2cnc3[nH]nc(-c4cc5c(-c6ccoc6)ccnc5[nH]4)c3c2)c1. The van der Waals surface area contributed by atoms with E-state index in [0.717, 1.165) is 56.5 Å². The van der Waals surface area contributed by atoms with Crippen molar-refractivity contribution in [2.45, 2.75) is 19.8 Å². The normalized spacial score (nSPS) is 11.3. The topological polar surface area (TPSA) is 125 Å². The first-order valence-electron chi connectivity index (χ1n) is 11.3. The van der Waals surface area contributed by atoms with Gasteiger partial charge in [0.15, 0.2) is 5.65 Å². The number of nitrogens with zero attached hydrogens (tertiary/aromatic N) is 4. The number of rotatable bonds is 6. The molecule has 0 spiro atoms. The molecule has 6 rings (SSSR count). The van der Waals surface area contributed by atoms with Crippen LogP contribution in [0.1, 0.15) is 19.8 Å². The molecule has 6 aromatic heterocycles. The van der Waals surface area contributed by atoms with Crippen LogP contribution in [0.15, 0.2) is 72.1 Å². The van der Waals surface area contributed by atoms with Gasteiger partial charge in [0.2, 0.25) is 5.91 Å². The molecule has 172 valence electrons. The van der Waals surface area contributed by atoms with Gasteiger partial charge < -0.3 is 14.7 Å². The number of carbonyl (C=O) groups is 1. The van der Waals surface area contributed by atoms with E-state index in [1.807, 2.05) is 37.3 Å². The number of pyridine rings is 3. The van der Waals surface area contributed by atoms with Crippen LogP contribution in [0.4, 0.5) is 5.69 Å². The zero-order chi connectivity index (χ0) is 23.8. The summed E-state index contributed by atoms with van der Waals surface area (Å²) in [4.78, 5) is 28.7. The third-order valence-electron chi connectivity index (χ3n) is 5.87. The fraction of sp³-hybridized carbons (Fsp3) is 0.115. The summed E-state index contributed by atoms with van der Waals surface area (Å²) in [6, 6.07) is 9.85. The Hall–Kier alpha value is -4.79. The summed E-state index contributed by atoms with van der Waals surface area (Å²) in [5.41, 5.74) is 7.38. The number of furan rings is 1. The van der Waals surface area contributed by atoms with Crippen LogP contribution >= 0.6 is 0 Å². The Kier molecular flexibility index (Phi) is 5.07. The van der Waals surface area contributed by atoms with Crippen LogP contribution in [0, 0.1) is 0 Å². The van der Waals surface area contributed by atoms with E-state index in [9.17, 15) is 4.79 Å². The van der Waals surface area contributed by atoms with Crippen molar-refractivity contribution < 1.29 is 9.21 Å². The van der Waals surface area contributed by atoms with Crippen LogP contribution in [0.5, 0.6) is 0 Å². The van der Waals surface area contributed by atoms with Gasteiger partial charge in [-0.15, -0.1) is 0 Å². The summed E-state index contributed by atoms with van der Waals surface area (Å²) in [6.07, 6.45) is 11.6. The number of hydrogen-bond acceptors (Lipinski definition) is 6. The second-order valence-corrected chi connectivity index (χ2v) is 8.27. The molecule has 9 nitrogen and oxygen atoms in total. The second kappa shape index (κ2) is 8.53. The van der Waals surface area contributed by atoms with E-state index in [1.165, 1.54) is 0 Å². The molecule has 0 aliphatic carbocycles. The molecule has 0 aliphatic rings. The van der Waals surface area contributed by atoms with Crippen molar-refractivity contribution in [3.05, 3.63) is 67.6 Å². The Morgan fingerprint density at radius 2 is 1.91 bits per heavy atom. The molecular formula is C26H21N7O2. The quantitative estimate of drug-likeness (QED) is 0.297. The molecule has 3 N–H and O–H groups in total. The Morgan fingerprint density at radius 3 is 2.77 bits per heavy atom. The van der Waals surface area contributed by atoms with Gasteiger partial charge in [0.25, 0.3) is 0 Å². The number of aromatic amines is 2. The van der Waals surface area contributed by atoms with Gasteiger partial charge in [-0.25, -0.2) is 9.97 Å². The number of hydrogen-bond donors (Lipinski definition) is 3. The first-order valence-corrected chi connectivity index (χ1v) is 11.3. The van der Waals surface area contributed by atoms with Gasteiger partial charge in [-0.2, -0.15) is 5.10 Å². The Balaban J connectivity index is 1.40. The third kappa shape index (κ3) is 3.82. The maximum absolute atomic E-state index is 12.0. The summed E-state index contributed by atoms with van der Waals surface area (Å²) < 4.78 is 5.27. The fourth-order valence-electron chi connectivity index (χ4n) is 4.21. The van der Waals surface area contributed by atoms with Gasteiger partial charge in [-0.1, -0.05) is 6.92 Å². The van der Waals surface area contributed by atoms with Gasteiger partial charge in [0.05, 0.1) is 30.1 Å². The lowest BCUT2D eigenvalue weighted by Crippen LogP contribution is -2.10. The fourth-order valence-corrected chi connectivity index (χ4v) is 4.21. The molecular weight excluding hydrogens is 442 g/mol. The van der Waals surface area contributed by atoms with Crippen molar-refractivity contribution in [2.75, 3.05) is 5.32 Å². The number of carbonyl (C=O) groups excluding carboxylic acids is 1.